The van der Waals surface area contributed by atoms with Crippen LogP contribution in [0.4, 0.5) is 17.1 Å². The summed E-state index contributed by atoms with van der Waals surface area (Å²) >= 11 is 0. The van der Waals surface area contributed by atoms with E-state index in [-0.39, 0.29) is 59.7 Å². The van der Waals surface area contributed by atoms with Crippen LogP contribution >= 0.6 is 0 Å². The Kier molecular flexibility index (Phi) is 13.7. The molecule has 4 atom stereocenters. The number of ether oxygens (including phenoxy) is 5. The topological polar surface area (TPSA) is 147 Å². The molecule has 316 valence electrons. The Hall–Kier alpha value is -6.79. The number of carbonyl (C=O) groups excluding carboxylic acids is 4. The Bertz CT molecular complexity index is 2330. The molecule has 6 rings (SSSR count). The van der Waals surface area contributed by atoms with E-state index in [1.165, 1.54) is 0 Å². The molecule has 0 spiro atoms. The summed E-state index contributed by atoms with van der Waals surface area (Å²) in [7, 11) is 0. The molecule has 0 bridgehead atoms. The quantitative estimate of drug-likeness (QED) is 0.0434. The molecule has 4 unspecified atom stereocenters. The number of esters is 3. The predicted molar refractivity (Wildman–Crippen MR) is 230 cm³/mol. The van der Waals surface area contributed by atoms with Crippen LogP contribution in [0.5, 0.6) is 11.5 Å². The summed E-state index contributed by atoms with van der Waals surface area (Å²) in [6.07, 6.45) is 7.46. The molecule has 1 aliphatic heterocycles. The van der Waals surface area contributed by atoms with Crippen LogP contribution in [-0.4, -0.2) is 78.6 Å². The van der Waals surface area contributed by atoms with Crippen LogP contribution in [0, 0.1) is 11.8 Å². The van der Waals surface area contributed by atoms with E-state index >= 15 is 0 Å². The van der Waals surface area contributed by atoms with Crippen molar-refractivity contribution in [2.45, 2.75) is 52.8 Å². The van der Waals surface area contributed by atoms with Gasteiger partial charge in [0.1, 0.15) is 30.8 Å². The average molecular weight is 827 g/mol. The second kappa shape index (κ2) is 19.1. The maximum atomic E-state index is 13.7. The number of Topliss-reactive ketones (excluding diaryl/α,β-unsaturated/α-hetero) is 1. The number of anilines is 2. The number of hydrogen-bond acceptors (Lipinski definition) is 11. The number of nitrogens with zero attached hydrogens (tertiary/aromatic N) is 2. The Labute approximate surface area is 356 Å². The average Bonchev–Trinajstić information content (AvgIpc) is 4.08. The van der Waals surface area contributed by atoms with Gasteiger partial charge in [0.15, 0.2) is 18.4 Å². The van der Waals surface area contributed by atoms with Crippen LogP contribution in [0.2, 0.25) is 0 Å². The smallest absolute Gasteiger partial charge is 0.338 e. The minimum Gasteiger partial charge on any atom is -0.874 e. The van der Waals surface area contributed by atoms with E-state index in [0.29, 0.717) is 35.8 Å². The lowest BCUT2D eigenvalue weighted by Crippen LogP contribution is -2.41. The first-order chi connectivity index (χ1) is 29.1. The number of benzene rings is 3. The number of rotatable bonds is 18. The van der Waals surface area contributed by atoms with Crippen LogP contribution in [0.1, 0.15) is 40.2 Å². The second-order valence-corrected chi connectivity index (χ2v) is 15.5. The van der Waals surface area contributed by atoms with Gasteiger partial charge in [0.05, 0.1) is 12.6 Å². The fourth-order valence-corrected chi connectivity index (χ4v) is 6.85. The van der Waals surface area contributed by atoms with Crippen LogP contribution in [0.15, 0.2) is 139 Å². The highest BCUT2D eigenvalue weighted by atomic mass is 16.6. The molecule has 2 aliphatic carbocycles. The molecule has 0 N–H and O–H groups in total. The van der Waals surface area contributed by atoms with E-state index in [9.17, 15) is 24.3 Å². The molecule has 1 heterocycles. The molecule has 3 aliphatic rings. The molecular weight excluding hydrogens is 777 g/mol. The lowest BCUT2D eigenvalue weighted by Gasteiger charge is -2.40. The van der Waals surface area contributed by atoms with Crippen LogP contribution in [-0.2, 0) is 33.4 Å². The van der Waals surface area contributed by atoms with Crippen molar-refractivity contribution in [2.75, 3.05) is 31.3 Å². The van der Waals surface area contributed by atoms with Crippen molar-refractivity contribution in [2.24, 2.45) is 11.8 Å². The van der Waals surface area contributed by atoms with E-state index in [1.54, 1.807) is 57.2 Å². The standard InChI is InChI=1S/C49H50N2O10/c1-29(2)47(54)59-25-32(7)50(38-17-21-40(22-18-38)57-27-42-28-58-42)36-13-9-34(10-14-36)43-45(52)44(46(43)53)35-11-15-37(16-12-35)51(33(8)26-60-48(55)30(3)4)39-19-23-41(24-20-39)61-49(56)31(5)6/h9-24,32-33,35,42,44H,1,3,5,25-28H2,2,4,6-8H3. The van der Waals surface area contributed by atoms with Crippen molar-refractivity contribution in [1.82, 2.24) is 0 Å². The highest BCUT2D eigenvalue weighted by molar-refractivity contribution is 6.29. The van der Waals surface area contributed by atoms with Gasteiger partial charge in [0, 0.05) is 76.7 Å². The van der Waals surface area contributed by atoms with Gasteiger partial charge in [-0.05, 0) is 81.8 Å². The van der Waals surface area contributed by atoms with E-state index in [1.807, 2.05) is 84.0 Å². The molecule has 0 radical (unpaired) electrons. The predicted octanol–water partition coefficient (Wildman–Crippen LogP) is 6.90. The Morgan fingerprint density at radius 3 is 1.84 bits per heavy atom. The van der Waals surface area contributed by atoms with Gasteiger partial charge in [0.2, 0.25) is 11.4 Å². The number of epoxide rings is 1. The first kappa shape index (κ1) is 43.8. The zero-order valence-electron chi connectivity index (χ0n) is 35.1. The van der Waals surface area contributed by atoms with Crippen molar-refractivity contribution in [3.8, 4) is 11.5 Å². The summed E-state index contributed by atoms with van der Waals surface area (Å²) in [5.74, 6) is -2.35. The van der Waals surface area contributed by atoms with Gasteiger partial charge in [-0.2, -0.15) is 4.58 Å². The van der Waals surface area contributed by atoms with Crippen molar-refractivity contribution < 1.29 is 52.5 Å². The van der Waals surface area contributed by atoms with Crippen LogP contribution in [0.25, 0.3) is 5.57 Å². The molecule has 61 heavy (non-hydrogen) atoms. The summed E-state index contributed by atoms with van der Waals surface area (Å²) in [6, 6.07) is 21.0. The van der Waals surface area contributed by atoms with Crippen molar-refractivity contribution in [3.05, 3.63) is 145 Å². The second-order valence-electron chi connectivity index (χ2n) is 15.5. The maximum absolute atomic E-state index is 13.7. The third-order valence-corrected chi connectivity index (χ3v) is 10.3. The molecule has 12 heteroatoms. The largest absolute Gasteiger partial charge is 0.874 e. The maximum Gasteiger partial charge on any atom is 0.338 e. The summed E-state index contributed by atoms with van der Waals surface area (Å²) in [4.78, 5) is 52.3. The minimum atomic E-state index is -0.875. The first-order valence-corrected chi connectivity index (χ1v) is 20.0. The Balaban J connectivity index is 1.21. The molecule has 0 aromatic heterocycles. The summed E-state index contributed by atoms with van der Waals surface area (Å²) in [6.45, 7) is 20.8. The van der Waals surface area contributed by atoms with Gasteiger partial charge in [-0.15, -0.1) is 5.76 Å². The van der Waals surface area contributed by atoms with Gasteiger partial charge >= 0.3 is 17.9 Å². The monoisotopic (exact) mass is 826 g/mol. The van der Waals surface area contributed by atoms with E-state index in [4.69, 9.17) is 23.7 Å². The molecule has 0 amide bonds. The van der Waals surface area contributed by atoms with E-state index in [2.05, 4.69) is 19.7 Å². The number of hydrogen-bond donors (Lipinski definition) is 0. The number of ketones is 1. The molecule has 3 aromatic rings. The Morgan fingerprint density at radius 2 is 1.31 bits per heavy atom. The lowest BCUT2D eigenvalue weighted by atomic mass is 9.71. The van der Waals surface area contributed by atoms with E-state index in [0.717, 1.165) is 22.8 Å². The first-order valence-electron chi connectivity index (χ1n) is 20.0. The number of carbonyl (C=O) groups is 4. The summed E-state index contributed by atoms with van der Waals surface area (Å²) in [5, 5.41) is 13.7. The van der Waals surface area contributed by atoms with Gasteiger partial charge < -0.3 is 33.7 Å². The Morgan fingerprint density at radius 1 is 0.787 bits per heavy atom. The minimum absolute atomic E-state index is 0.0420. The van der Waals surface area contributed by atoms with Crippen molar-refractivity contribution in [3.63, 3.8) is 0 Å². The van der Waals surface area contributed by atoms with Gasteiger partial charge in [0.25, 0.3) is 0 Å². The third-order valence-electron chi connectivity index (χ3n) is 10.3. The van der Waals surface area contributed by atoms with Gasteiger partial charge in [-0.1, -0.05) is 44.0 Å². The zero-order chi connectivity index (χ0) is 44.0. The molecular formula is C49H50N2O10. The van der Waals surface area contributed by atoms with Crippen LogP contribution < -0.4 is 19.5 Å². The fraction of sp³-hybridized carbons (Fsp3) is 0.286. The fourth-order valence-electron chi connectivity index (χ4n) is 6.85. The molecule has 12 nitrogen and oxygen atoms in total. The van der Waals surface area contributed by atoms with Crippen molar-refractivity contribution >= 4 is 52.0 Å². The SMILES string of the molecule is C=C(C)C(=O)OCC(C)N(c1ccc(OCC2CO2)cc1)c1ccc(C2=C([O-])C(C3C=CC(=[N+](c4ccc(OC(=O)C(=C)C)cc4)C(C)COC(=O)C(=C)C)C=C3)C2=O)cc1. The third kappa shape index (κ3) is 10.5. The normalized spacial score (nSPS) is 18.6. The van der Waals surface area contributed by atoms with E-state index < -0.39 is 29.7 Å². The van der Waals surface area contributed by atoms with Crippen molar-refractivity contribution in [1.29, 1.82) is 0 Å². The highest BCUT2D eigenvalue weighted by Gasteiger charge is 2.39. The summed E-state index contributed by atoms with van der Waals surface area (Å²) in [5.41, 5.74) is 4.53. The van der Waals surface area contributed by atoms with Crippen LogP contribution in [0.3, 0.4) is 0 Å². The summed E-state index contributed by atoms with van der Waals surface area (Å²) < 4.78 is 29.4. The van der Waals surface area contributed by atoms with Gasteiger partial charge in [-0.25, -0.2) is 14.4 Å². The number of allylic oxidation sites excluding steroid dienone is 6. The molecule has 3 aromatic carbocycles. The molecule has 1 saturated heterocycles. The van der Waals surface area contributed by atoms with Gasteiger partial charge in [-0.3, -0.25) is 4.79 Å². The molecule has 1 fully saturated rings. The highest BCUT2D eigenvalue weighted by Crippen LogP contribution is 2.42. The zero-order valence-corrected chi connectivity index (χ0v) is 35.1. The lowest BCUT2D eigenvalue weighted by molar-refractivity contribution is -0.482. The molecule has 0 saturated carbocycles.